The van der Waals surface area contributed by atoms with Crippen LogP contribution in [0.2, 0.25) is 5.02 Å². The van der Waals surface area contributed by atoms with E-state index >= 15 is 0 Å². The van der Waals surface area contributed by atoms with Gasteiger partial charge in [0.15, 0.2) is 6.29 Å². The molecule has 0 aliphatic heterocycles. The molecule has 3 heteroatoms. The molecule has 0 amide bonds. The van der Waals surface area contributed by atoms with Gasteiger partial charge in [-0.25, -0.2) is 0 Å². The summed E-state index contributed by atoms with van der Waals surface area (Å²) in [6.45, 7) is 0.828. The molecule has 0 bridgehead atoms. The Hall–Kier alpha value is -2.06. The molecule has 3 rings (SSSR count). The van der Waals surface area contributed by atoms with Gasteiger partial charge in [0.25, 0.3) is 0 Å². The Morgan fingerprint density at radius 3 is 2.75 bits per heavy atom. The van der Waals surface area contributed by atoms with Gasteiger partial charge in [-0.2, -0.15) is 0 Å². The second-order valence-corrected chi connectivity index (χ2v) is 5.23. The Labute approximate surface area is 122 Å². The lowest BCUT2D eigenvalue weighted by Gasteiger charge is -2.06. The molecule has 0 aliphatic rings. The Morgan fingerprint density at radius 1 is 1.10 bits per heavy atom. The van der Waals surface area contributed by atoms with Gasteiger partial charge in [0.1, 0.15) is 0 Å². The zero-order valence-corrected chi connectivity index (χ0v) is 11.7. The van der Waals surface area contributed by atoms with E-state index in [9.17, 15) is 4.79 Å². The number of nitrogens with zero attached hydrogens (tertiary/aromatic N) is 1. The summed E-state index contributed by atoms with van der Waals surface area (Å²) in [5, 5.41) is 1.77. The van der Waals surface area contributed by atoms with Crippen molar-refractivity contribution < 1.29 is 4.79 Å². The van der Waals surface area contributed by atoms with Crippen LogP contribution in [0.3, 0.4) is 0 Å². The van der Waals surface area contributed by atoms with Gasteiger partial charge in [-0.3, -0.25) is 4.79 Å². The van der Waals surface area contributed by atoms with E-state index in [1.165, 1.54) is 5.56 Å². The molecule has 0 unspecified atom stereocenters. The van der Waals surface area contributed by atoms with Crippen molar-refractivity contribution in [3.8, 4) is 0 Å². The molecule has 1 aromatic heterocycles. The lowest BCUT2D eigenvalue weighted by Crippen LogP contribution is -1.99. The van der Waals surface area contributed by atoms with E-state index in [1.807, 2.05) is 48.7 Å². The number of fused-ring (bicyclic) bond motifs is 1. The maximum atomic E-state index is 11.1. The van der Waals surface area contributed by atoms with Gasteiger partial charge >= 0.3 is 0 Å². The molecule has 3 aromatic rings. The van der Waals surface area contributed by atoms with E-state index in [0.717, 1.165) is 40.7 Å². The van der Waals surface area contributed by atoms with Crippen LogP contribution in [0.5, 0.6) is 0 Å². The highest BCUT2D eigenvalue weighted by Gasteiger charge is 2.07. The first-order valence-corrected chi connectivity index (χ1v) is 6.93. The van der Waals surface area contributed by atoms with Gasteiger partial charge in [0.2, 0.25) is 0 Å². The molecule has 0 atom stereocenters. The largest absolute Gasteiger partial charge is 0.346 e. The molecule has 2 nitrogen and oxygen atoms in total. The molecule has 0 radical (unpaired) electrons. The van der Waals surface area contributed by atoms with Gasteiger partial charge < -0.3 is 4.57 Å². The van der Waals surface area contributed by atoms with Crippen LogP contribution < -0.4 is 0 Å². The molecule has 2 aromatic carbocycles. The third-order valence-corrected chi connectivity index (χ3v) is 3.71. The molecular weight excluding hydrogens is 270 g/mol. The SMILES string of the molecule is O=Cc1cn(CCc2cccc(Cl)c2)c2ccccc12. The van der Waals surface area contributed by atoms with Crippen molar-refractivity contribution in [1.82, 2.24) is 4.57 Å². The van der Waals surface area contributed by atoms with Gasteiger partial charge in [0, 0.05) is 34.2 Å². The van der Waals surface area contributed by atoms with E-state index in [2.05, 4.69) is 10.6 Å². The topological polar surface area (TPSA) is 22.0 Å². The molecule has 0 fully saturated rings. The molecule has 20 heavy (non-hydrogen) atoms. The first kappa shape index (κ1) is 12.9. The Morgan fingerprint density at radius 2 is 1.95 bits per heavy atom. The number of para-hydroxylation sites is 1. The van der Waals surface area contributed by atoms with Crippen LogP contribution in [0, 0.1) is 0 Å². The van der Waals surface area contributed by atoms with Crippen molar-refractivity contribution in [1.29, 1.82) is 0 Å². The van der Waals surface area contributed by atoms with Gasteiger partial charge in [-0.1, -0.05) is 41.9 Å². The third kappa shape index (κ3) is 2.47. The highest BCUT2D eigenvalue weighted by Crippen LogP contribution is 2.20. The highest BCUT2D eigenvalue weighted by atomic mass is 35.5. The minimum absolute atomic E-state index is 0.742. The second kappa shape index (κ2) is 5.51. The Kier molecular flexibility index (Phi) is 3.57. The van der Waals surface area contributed by atoms with Crippen LogP contribution in [0.25, 0.3) is 10.9 Å². The molecule has 100 valence electrons. The minimum atomic E-state index is 0.742. The maximum absolute atomic E-state index is 11.1. The number of carbonyl (C=O) groups is 1. The summed E-state index contributed by atoms with van der Waals surface area (Å²) in [4.78, 5) is 11.1. The predicted molar refractivity (Wildman–Crippen MR) is 82.5 cm³/mol. The first-order valence-electron chi connectivity index (χ1n) is 6.55. The molecule has 0 aliphatic carbocycles. The number of halogens is 1. The van der Waals surface area contributed by atoms with Gasteiger partial charge in [-0.15, -0.1) is 0 Å². The summed E-state index contributed by atoms with van der Waals surface area (Å²) in [6.07, 6.45) is 3.72. The van der Waals surface area contributed by atoms with E-state index in [1.54, 1.807) is 0 Å². The number of aryl methyl sites for hydroxylation is 2. The number of hydrogen-bond donors (Lipinski definition) is 0. The predicted octanol–water partition coefficient (Wildman–Crippen LogP) is 4.35. The van der Waals surface area contributed by atoms with Crippen molar-refractivity contribution in [3.05, 3.63) is 70.9 Å². The number of rotatable bonds is 4. The second-order valence-electron chi connectivity index (χ2n) is 4.79. The minimum Gasteiger partial charge on any atom is -0.346 e. The molecule has 0 spiro atoms. The zero-order valence-electron chi connectivity index (χ0n) is 10.9. The molecule has 0 N–H and O–H groups in total. The van der Waals surface area contributed by atoms with Crippen molar-refractivity contribution >= 4 is 28.8 Å². The number of hydrogen-bond acceptors (Lipinski definition) is 1. The fourth-order valence-electron chi connectivity index (χ4n) is 2.50. The summed E-state index contributed by atoms with van der Waals surface area (Å²) in [5.74, 6) is 0. The van der Waals surface area contributed by atoms with Crippen molar-refractivity contribution in [2.75, 3.05) is 0 Å². The Balaban J connectivity index is 1.89. The highest BCUT2D eigenvalue weighted by molar-refractivity contribution is 6.30. The third-order valence-electron chi connectivity index (χ3n) is 3.48. The van der Waals surface area contributed by atoms with Crippen molar-refractivity contribution in [2.24, 2.45) is 0 Å². The van der Waals surface area contributed by atoms with Gasteiger partial charge in [-0.05, 0) is 30.2 Å². The van der Waals surface area contributed by atoms with Crippen LogP contribution in [0.4, 0.5) is 0 Å². The lowest BCUT2D eigenvalue weighted by molar-refractivity contribution is 0.112. The molecular formula is C17H14ClNO. The zero-order chi connectivity index (χ0) is 13.9. The summed E-state index contributed by atoms with van der Waals surface area (Å²) >= 11 is 6.00. The molecule has 0 saturated heterocycles. The number of aromatic nitrogens is 1. The van der Waals surface area contributed by atoms with E-state index in [4.69, 9.17) is 11.6 Å². The number of carbonyl (C=O) groups excluding carboxylic acids is 1. The van der Waals surface area contributed by atoms with Crippen molar-refractivity contribution in [2.45, 2.75) is 13.0 Å². The van der Waals surface area contributed by atoms with Crippen LogP contribution >= 0.6 is 11.6 Å². The fraction of sp³-hybridized carbons (Fsp3) is 0.118. The average Bonchev–Trinajstić information content (AvgIpc) is 2.83. The average molecular weight is 284 g/mol. The van der Waals surface area contributed by atoms with Gasteiger partial charge in [0.05, 0.1) is 0 Å². The Bertz CT molecular complexity index is 761. The van der Waals surface area contributed by atoms with Crippen LogP contribution in [0.15, 0.2) is 54.7 Å². The first-order chi connectivity index (χ1) is 9.78. The number of aldehydes is 1. The lowest BCUT2D eigenvalue weighted by atomic mass is 10.1. The normalized spacial score (nSPS) is 10.8. The van der Waals surface area contributed by atoms with Crippen LogP contribution in [0.1, 0.15) is 15.9 Å². The summed E-state index contributed by atoms with van der Waals surface area (Å²) in [7, 11) is 0. The summed E-state index contributed by atoms with van der Waals surface area (Å²) < 4.78 is 2.12. The van der Waals surface area contributed by atoms with Crippen LogP contribution in [-0.4, -0.2) is 10.9 Å². The number of benzene rings is 2. The fourth-order valence-corrected chi connectivity index (χ4v) is 2.71. The van der Waals surface area contributed by atoms with E-state index in [0.29, 0.717) is 0 Å². The van der Waals surface area contributed by atoms with Crippen molar-refractivity contribution in [3.63, 3.8) is 0 Å². The quantitative estimate of drug-likeness (QED) is 0.653. The molecule has 0 saturated carbocycles. The van der Waals surface area contributed by atoms with E-state index < -0.39 is 0 Å². The summed E-state index contributed by atoms with van der Waals surface area (Å²) in [6, 6.07) is 15.9. The maximum Gasteiger partial charge on any atom is 0.152 e. The van der Waals surface area contributed by atoms with Crippen LogP contribution in [-0.2, 0) is 13.0 Å². The van der Waals surface area contributed by atoms with E-state index in [-0.39, 0.29) is 0 Å². The smallest absolute Gasteiger partial charge is 0.152 e. The standard InChI is InChI=1S/C17H14ClNO/c18-15-5-3-4-13(10-15)8-9-19-11-14(12-20)16-6-1-2-7-17(16)19/h1-7,10-12H,8-9H2. The molecule has 1 heterocycles. The summed E-state index contributed by atoms with van der Waals surface area (Å²) in [5.41, 5.74) is 3.03. The monoisotopic (exact) mass is 283 g/mol.